The molecular formula is C24H27N3O3. The number of piperidine rings is 1. The van der Waals surface area contributed by atoms with Crippen molar-refractivity contribution in [2.24, 2.45) is 5.92 Å². The Labute approximate surface area is 176 Å². The molecule has 1 aromatic heterocycles. The first-order valence-corrected chi connectivity index (χ1v) is 10.3. The fraction of sp³-hybridized carbons (Fsp3) is 0.333. The number of hydrogen-bond donors (Lipinski definition) is 1. The van der Waals surface area contributed by atoms with Crippen LogP contribution in [0.5, 0.6) is 11.5 Å². The van der Waals surface area contributed by atoms with Crippen LogP contribution in [-0.4, -0.2) is 37.7 Å². The first kappa shape index (κ1) is 20.0. The minimum Gasteiger partial charge on any atom is -0.497 e. The first-order valence-electron chi connectivity index (χ1n) is 10.3. The summed E-state index contributed by atoms with van der Waals surface area (Å²) in [6.45, 7) is 4.24. The van der Waals surface area contributed by atoms with Crippen molar-refractivity contribution in [2.75, 3.05) is 37.0 Å². The molecule has 1 amide bonds. The Morgan fingerprint density at radius 2 is 1.93 bits per heavy atom. The van der Waals surface area contributed by atoms with Crippen molar-refractivity contribution < 1.29 is 14.3 Å². The summed E-state index contributed by atoms with van der Waals surface area (Å²) < 4.78 is 11.0. The van der Waals surface area contributed by atoms with Crippen molar-refractivity contribution in [1.82, 2.24) is 4.98 Å². The number of nitrogens with one attached hydrogen (secondary N) is 1. The van der Waals surface area contributed by atoms with Gasteiger partial charge in [-0.25, -0.2) is 4.98 Å². The van der Waals surface area contributed by atoms with E-state index in [0.717, 1.165) is 35.7 Å². The van der Waals surface area contributed by atoms with Gasteiger partial charge in [-0.2, -0.15) is 0 Å². The Balaban J connectivity index is 1.46. The molecule has 0 saturated carbocycles. The molecular weight excluding hydrogens is 378 g/mol. The Hall–Kier alpha value is -3.28. The Morgan fingerprint density at radius 1 is 1.13 bits per heavy atom. The number of para-hydroxylation sites is 1. The molecule has 156 valence electrons. The number of aromatic nitrogens is 1. The van der Waals surface area contributed by atoms with Crippen LogP contribution in [0.4, 0.5) is 11.5 Å². The number of fused-ring (bicyclic) bond motifs is 1. The van der Waals surface area contributed by atoms with E-state index in [1.54, 1.807) is 13.2 Å². The van der Waals surface area contributed by atoms with E-state index < -0.39 is 0 Å². The maximum absolute atomic E-state index is 12.4. The van der Waals surface area contributed by atoms with E-state index in [9.17, 15) is 4.79 Å². The third-order valence-electron chi connectivity index (χ3n) is 5.49. The number of rotatable bonds is 6. The van der Waals surface area contributed by atoms with Crippen molar-refractivity contribution in [2.45, 2.75) is 19.8 Å². The van der Waals surface area contributed by atoms with Crippen molar-refractivity contribution >= 4 is 28.3 Å². The summed E-state index contributed by atoms with van der Waals surface area (Å²) in [4.78, 5) is 19.5. The third-order valence-corrected chi connectivity index (χ3v) is 5.49. The van der Waals surface area contributed by atoms with E-state index in [1.165, 1.54) is 12.8 Å². The molecule has 1 fully saturated rings. The molecule has 1 N–H and O–H groups in total. The lowest BCUT2D eigenvalue weighted by Gasteiger charge is -2.31. The highest BCUT2D eigenvalue weighted by Crippen LogP contribution is 2.28. The number of methoxy groups -OCH3 is 1. The second-order valence-corrected chi connectivity index (χ2v) is 7.74. The molecule has 0 unspecified atom stereocenters. The van der Waals surface area contributed by atoms with Crippen LogP contribution in [0.1, 0.15) is 19.8 Å². The molecule has 3 aromatic rings. The molecule has 6 nitrogen and oxygen atoms in total. The van der Waals surface area contributed by atoms with Gasteiger partial charge in [-0.3, -0.25) is 4.79 Å². The largest absolute Gasteiger partial charge is 0.497 e. The van der Waals surface area contributed by atoms with Gasteiger partial charge in [-0.15, -0.1) is 0 Å². The standard InChI is InChI=1S/C24H27N3O3/c1-17-11-13-27(14-12-17)22-10-9-18-5-3-8-21(24(18)26-22)30-16-23(28)25-19-6-4-7-20(15-19)29-2/h3-10,15,17H,11-14,16H2,1-2H3,(H,25,28). The van der Waals surface area contributed by atoms with Gasteiger partial charge in [0.25, 0.3) is 5.91 Å². The quantitative estimate of drug-likeness (QED) is 0.654. The van der Waals surface area contributed by atoms with Crippen molar-refractivity contribution in [3.05, 3.63) is 54.6 Å². The molecule has 1 aliphatic heterocycles. The number of benzene rings is 2. The van der Waals surface area contributed by atoms with Gasteiger partial charge in [0.1, 0.15) is 22.8 Å². The molecule has 0 atom stereocenters. The minimum absolute atomic E-state index is 0.0938. The summed E-state index contributed by atoms with van der Waals surface area (Å²) in [6.07, 6.45) is 2.37. The van der Waals surface area contributed by atoms with E-state index in [-0.39, 0.29) is 12.5 Å². The van der Waals surface area contributed by atoms with Crippen LogP contribution < -0.4 is 19.7 Å². The molecule has 2 aromatic carbocycles. The number of hydrogen-bond acceptors (Lipinski definition) is 5. The van der Waals surface area contributed by atoms with Crippen LogP contribution in [0.15, 0.2) is 54.6 Å². The van der Waals surface area contributed by atoms with E-state index in [0.29, 0.717) is 17.2 Å². The smallest absolute Gasteiger partial charge is 0.262 e. The lowest BCUT2D eigenvalue weighted by Crippen LogP contribution is -2.33. The first-order chi connectivity index (χ1) is 14.6. The predicted molar refractivity (Wildman–Crippen MR) is 119 cm³/mol. The van der Waals surface area contributed by atoms with Crippen LogP contribution >= 0.6 is 0 Å². The molecule has 0 aliphatic carbocycles. The van der Waals surface area contributed by atoms with Crippen molar-refractivity contribution in [3.63, 3.8) is 0 Å². The summed E-state index contributed by atoms with van der Waals surface area (Å²) in [7, 11) is 1.59. The molecule has 4 rings (SSSR count). The lowest BCUT2D eigenvalue weighted by molar-refractivity contribution is -0.118. The van der Waals surface area contributed by atoms with Gasteiger partial charge >= 0.3 is 0 Å². The van der Waals surface area contributed by atoms with Crippen molar-refractivity contribution in [1.29, 1.82) is 0 Å². The molecule has 0 bridgehead atoms. The topological polar surface area (TPSA) is 63.7 Å². The molecule has 2 heterocycles. The number of carbonyl (C=O) groups is 1. The van der Waals surface area contributed by atoms with Gasteiger partial charge in [-0.1, -0.05) is 25.1 Å². The summed E-state index contributed by atoms with van der Waals surface area (Å²) in [5, 5.41) is 3.82. The van der Waals surface area contributed by atoms with Crippen LogP contribution in [0.3, 0.4) is 0 Å². The van der Waals surface area contributed by atoms with Gasteiger partial charge in [0.2, 0.25) is 0 Å². The van der Waals surface area contributed by atoms with Crippen molar-refractivity contribution in [3.8, 4) is 11.5 Å². The van der Waals surface area contributed by atoms with Gasteiger partial charge in [-0.05, 0) is 49.1 Å². The number of nitrogens with zero attached hydrogens (tertiary/aromatic N) is 2. The number of carbonyl (C=O) groups excluding carboxylic acids is 1. The monoisotopic (exact) mass is 405 g/mol. The number of pyridine rings is 1. The maximum atomic E-state index is 12.4. The Kier molecular flexibility index (Phi) is 6.02. The SMILES string of the molecule is COc1cccc(NC(=O)COc2cccc3ccc(N4CCC(C)CC4)nc23)c1. The number of anilines is 2. The second-order valence-electron chi connectivity index (χ2n) is 7.74. The normalized spacial score (nSPS) is 14.5. The Bertz CT molecular complexity index is 1030. The zero-order valence-electron chi connectivity index (χ0n) is 17.4. The summed E-state index contributed by atoms with van der Waals surface area (Å²) in [6, 6.07) is 17.2. The molecule has 0 spiro atoms. The van der Waals surface area contributed by atoms with E-state index in [2.05, 4.69) is 29.3 Å². The highest BCUT2D eigenvalue weighted by molar-refractivity contribution is 5.92. The molecule has 1 saturated heterocycles. The fourth-order valence-corrected chi connectivity index (χ4v) is 3.68. The summed E-state index contributed by atoms with van der Waals surface area (Å²) in [5.41, 5.74) is 1.45. The van der Waals surface area contributed by atoms with Gasteiger partial charge in [0.15, 0.2) is 6.61 Å². The van der Waals surface area contributed by atoms with Gasteiger partial charge < -0.3 is 19.7 Å². The molecule has 30 heavy (non-hydrogen) atoms. The second kappa shape index (κ2) is 9.03. The van der Waals surface area contributed by atoms with Crippen LogP contribution in [0.2, 0.25) is 0 Å². The van der Waals surface area contributed by atoms with E-state index >= 15 is 0 Å². The number of amides is 1. The van der Waals surface area contributed by atoms with E-state index in [1.807, 2.05) is 36.4 Å². The van der Waals surface area contributed by atoms with Crippen LogP contribution in [0, 0.1) is 5.92 Å². The number of ether oxygens (including phenoxy) is 2. The van der Waals surface area contributed by atoms with E-state index in [4.69, 9.17) is 14.5 Å². The van der Waals surface area contributed by atoms with Crippen LogP contribution in [-0.2, 0) is 4.79 Å². The zero-order chi connectivity index (χ0) is 20.9. The molecule has 6 heteroatoms. The maximum Gasteiger partial charge on any atom is 0.262 e. The predicted octanol–water partition coefficient (Wildman–Crippen LogP) is 4.50. The summed E-state index contributed by atoms with van der Waals surface area (Å²) in [5.74, 6) is 2.79. The molecule has 0 radical (unpaired) electrons. The van der Waals surface area contributed by atoms with Gasteiger partial charge in [0, 0.05) is 30.2 Å². The summed E-state index contributed by atoms with van der Waals surface area (Å²) >= 11 is 0. The highest BCUT2D eigenvalue weighted by atomic mass is 16.5. The molecule has 1 aliphatic rings. The van der Waals surface area contributed by atoms with Crippen LogP contribution in [0.25, 0.3) is 10.9 Å². The Morgan fingerprint density at radius 3 is 2.73 bits per heavy atom. The zero-order valence-corrected chi connectivity index (χ0v) is 17.4. The van der Waals surface area contributed by atoms with Gasteiger partial charge in [0.05, 0.1) is 7.11 Å². The minimum atomic E-state index is -0.235. The third kappa shape index (κ3) is 4.64. The highest BCUT2D eigenvalue weighted by Gasteiger charge is 2.18. The average Bonchev–Trinajstić information content (AvgIpc) is 2.78. The lowest BCUT2D eigenvalue weighted by atomic mass is 9.99. The fourth-order valence-electron chi connectivity index (χ4n) is 3.68. The average molecular weight is 405 g/mol.